The predicted molar refractivity (Wildman–Crippen MR) is 92.3 cm³/mol. The minimum absolute atomic E-state index is 0.179. The Balaban J connectivity index is 1.61. The Morgan fingerprint density at radius 1 is 1.00 bits per heavy atom. The molecule has 1 heterocycles. The summed E-state index contributed by atoms with van der Waals surface area (Å²) in [5.41, 5.74) is 2.26. The number of nitrogens with zero attached hydrogens (tertiary/aromatic N) is 2. The van der Waals surface area contributed by atoms with Crippen LogP contribution in [0.5, 0.6) is 0 Å². The highest BCUT2D eigenvalue weighted by Gasteiger charge is 2.24. The van der Waals surface area contributed by atoms with Gasteiger partial charge in [0.15, 0.2) is 0 Å². The average molecular weight is 312 g/mol. The number of carbonyl (C=O) groups is 1. The molecule has 4 heteroatoms. The van der Waals surface area contributed by atoms with Gasteiger partial charge in [-0.2, -0.15) is 0 Å². The molecule has 1 fully saturated rings. The Labute approximate surface area is 135 Å². The Hall–Kier alpha value is -1.78. The minimum Gasteiger partial charge on any atom is -0.310 e. The Kier molecular flexibility index (Phi) is 4.80. The maximum Gasteiger partial charge on any atom is 0.241 e. The van der Waals surface area contributed by atoms with E-state index >= 15 is 0 Å². The molecular formula is C18H20N2OS. The highest BCUT2D eigenvalue weighted by molar-refractivity contribution is 7.98. The topological polar surface area (TPSA) is 23.6 Å². The van der Waals surface area contributed by atoms with Gasteiger partial charge < -0.3 is 4.90 Å². The zero-order valence-electron chi connectivity index (χ0n) is 12.7. The summed E-state index contributed by atoms with van der Waals surface area (Å²) in [6, 6.07) is 18.5. The smallest absolute Gasteiger partial charge is 0.241 e. The van der Waals surface area contributed by atoms with Crippen molar-refractivity contribution in [1.82, 2.24) is 4.90 Å². The number of thioether (sulfide) groups is 1. The van der Waals surface area contributed by atoms with E-state index in [2.05, 4.69) is 35.4 Å². The van der Waals surface area contributed by atoms with Gasteiger partial charge in [-0.1, -0.05) is 30.3 Å². The molecule has 0 aliphatic carbocycles. The van der Waals surface area contributed by atoms with Crippen LogP contribution in [0.4, 0.5) is 5.69 Å². The van der Waals surface area contributed by atoms with Crippen LogP contribution in [0.25, 0.3) is 0 Å². The molecule has 0 aromatic heterocycles. The molecular weight excluding hydrogens is 292 g/mol. The van der Waals surface area contributed by atoms with Crippen molar-refractivity contribution in [3.8, 4) is 0 Å². The second-order valence-electron chi connectivity index (χ2n) is 5.44. The molecule has 1 amide bonds. The third kappa shape index (κ3) is 3.51. The molecule has 3 nitrogen and oxygen atoms in total. The molecule has 1 aliphatic rings. The lowest BCUT2D eigenvalue weighted by Gasteiger charge is -2.34. The van der Waals surface area contributed by atoms with E-state index in [1.165, 1.54) is 10.5 Å². The van der Waals surface area contributed by atoms with Crippen molar-refractivity contribution in [1.29, 1.82) is 0 Å². The molecule has 1 aliphatic heterocycles. The van der Waals surface area contributed by atoms with Gasteiger partial charge >= 0.3 is 0 Å². The summed E-state index contributed by atoms with van der Waals surface area (Å²) in [7, 11) is 0. The number of benzene rings is 2. The van der Waals surface area contributed by atoms with Gasteiger partial charge in [0.25, 0.3) is 0 Å². The van der Waals surface area contributed by atoms with Crippen LogP contribution >= 0.6 is 11.8 Å². The fourth-order valence-corrected chi connectivity index (χ4v) is 3.14. The molecule has 0 radical (unpaired) electrons. The standard InChI is InChI=1S/C18H20N2OS/c1-22-17-9-7-15(8-10-17)13-19-11-12-20(18(21)14-19)16-5-3-2-4-6-16/h2-10H,11-14H2,1H3. The maximum atomic E-state index is 12.4. The number of piperazine rings is 1. The first-order valence-corrected chi connectivity index (χ1v) is 8.69. The number of rotatable bonds is 4. The highest BCUT2D eigenvalue weighted by Crippen LogP contribution is 2.19. The fraction of sp³-hybridized carbons (Fsp3) is 0.278. The van der Waals surface area contributed by atoms with Crippen LogP contribution in [0, 0.1) is 0 Å². The molecule has 3 rings (SSSR count). The summed E-state index contributed by atoms with van der Waals surface area (Å²) >= 11 is 1.75. The normalized spacial score (nSPS) is 16.0. The molecule has 0 N–H and O–H groups in total. The lowest BCUT2D eigenvalue weighted by molar-refractivity contribution is -0.121. The Morgan fingerprint density at radius 3 is 2.36 bits per heavy atom. The number of anilines is 1. The van der Waals surface area contributed by atoms with Gasteiger partial charge in [-0.3, -0.25) is 9.69 Å². The van der Waals surface area contributed by atoms with E-state index in [0.717, 1.165) is 25.3 Å². The second-order valence-corrected chi connectivity index (χ2v) is 6.32. The molecule has 0 bridgehead atoms. The van der Waals surface area contributed by atoms with E-state index in [1.54, 1.807) is 11.8 Å². The fourth-order valence-electron chi connectivity index (χ4n) is 2.73. The number of hydrogen-bond donors (Lipinski definition) is 0. The third-order valence-electron chi connectivity index (χ3n) is 3.93. The van der Waals surface area contributed by atoms with Crippen molar-refractivity contribution in [2.24, 2.45) is 0 Å². The van der Waals surface area contributed by atoms with E-state index in [9.17, 15) is 4.79 Å². The zero-order valence-corrected chi connectivity index (χ0v) is 13.6. The summed E-state index contributed by atoms with van der Waals surface area (Å²) in [6.45, 7) is 2.98. The maximum absolute atomic E-state index is 12.4. The van der Waals surface area contributed by atoms with E-state index in [-0.39, 0.29) is 5.91 Å². The van der Waals surface area contributed by atoms with Gasteiger partial charge in [0, 0.05) is 30.2 Å². The molecule has 1 saturated heterocycles. The predicted octanol–water partition coefficient (Wildman–Crippen LogP) is 3.26. The number of amides is 1. The summed E-state index contributed by atoms with van der Waals surface area (Å²) in [4.78, 5) is 17.7. The van der Waals surface area contributed by atoms with Crippen LogP contribution < -0.4 is 4.90 Å². The zero-order chi connectivity index (χ0) is 15.4. The van der Waals surface area contributed by atoms with Gasteiger partial charge in [0.1, 0.15) is 0 Å². The van der Waals surface area contributed by atoms with Crippen LogP contribution in [0.2, 0.25) is 0 Å². The monoisotopic (exact) mass is 312 g/mol. The molecule has 114 valence electrons. The summed E-state index contributed by atoms with van der Waals surface area (Å²) in [6.07, 6.45) is 2.08. The lowest BCUT2D eigenvalue weighted by atomic mass is 10.2. The summed E-state index contributed by atoms with van der Waals surface area (Å²) in [5, 5.41) is 0. The van der Waals surface area contributed by atoms with Gasteiger partial charge in [0.05, 0.1) is 6.54 Å². The van der Waals surface area contributed by atoms with Crippen LogP contribution in [0.3, 0.4) is 0 Å². The first kappa shape index (κ1) is 15.1. The van der Waals surface area contributed by atoms with E-state index in [4.69, 9.17) is 0 Å². The van der Waals surface area contributed by atoms with Crippen molar-refractivity contribution in [2.45, 2.75) is 11.4 Å². The van der Waals surface area contributed by atoms with Gasteiger partial charge in [0.2, 0.25) is 5.91 Å². The van der Waals surface area contributed by atoms with Gasteiger partial charge in [-0.15, -0.1) is 11.8 Å². The molecule has 2 aromatic rings. The first-order chi connectivity index (χ1) is 10.8. The minimum atomic E-state index is 0.179. The first-order valence-electron chi connectivity index (χ1n) is 7.47. The van der Waals surface area contributed by atoms with Crippen molar-refractivity contribution in [3.63, 3.8) is 0 Å². The van der Waals surface area contributed by atoms with E-state index in [0.29, 0.717) is 6.54 Å². The van der Waals surface area contributed by atoms with E-state index < -0.39 is 0 Å². The molecule has 0 saturated carbocycles. The van der Waals surface area contributed by atoms with Crippen LogP contribution in [0.1, 0.15) is 5.56 Å². The second kappa shape index (κ2) is 6.99. The Bertz CT molecular complexity index is 627. The van der Waals surface area contributed by atoms with Gasteiger partial charge in [-0.05, 0) is 36.1 Å². The van der Waals surface area contributed by atoms with Crippen molar-refractivity contribution in [2.75, 3.05) is 30.8 Å². The van der Waals surface area contributed by atoms with Crippen molar-refractivity contribution in [3.05, 3.63) is 60.2 Å². The molecule has 22 heavy (non-hydrogen) atoms. The van der Waals surface area contributed by atoms with Gasteiger partial charge in [-0.25, -0.2) is 0 Å². The SMILES string of the molecule is CSc1ccc(CN2CCN(c3ccccc3)C(=O)C2)cc1. The number of carbonyl (C=O) groups excluding carboxylic acids is 1. The molecule has 0 spiro atoms. The Morgan fingerprint density at radius 2 is 1.73 bits per heavy atom. The summed E-state index contributed by atoms with van der Waals surface area (Å²) in [5.74, 6) is 0.179. The number of para-hydroxylation sites is 1. The third-order valence-corrected chi connectivity index (χ3v) is 4.68. The van der Waals surface area contributed by atoms with Crippen molar-refractivity contribution < 1.29 is 4.79 Å². The average Bonchev–Trinajstić information content (AvgIpc) is 2.56. The molecule has 2 aromatic carbocycles. The van der Waals surface area contributed by atoms with E-state index in [1.807, 2.05) is 35.2 Å². The van der Waals surface area contributed by atoms with Crippen LogP contribution in [0.15, 0.2) is 59.5 Å². The van der Waals surface area contributed by atoms with Crippen LogP contribution in [-0.4, -0.2) is 36.7 Å². The van der Waals surface area contributed by atoms with Crippen molar-refractivity contribution >= 4 is 23.4 Å². The summed E-state index contributed by atoms with van der Waals surface area (Å²) < 4.78 is 0. The quantitative estimate of drug-likeness (QED) is 0.810. The van der Waals surface area contributed by atoms with Crippen LogP contribution in [-0.2, 0) is 11.3 Å². The molecule has 0 unspecified atom stereocenters. The number of hydrogen-bond acceptors (Lipinski definition) is 3. The largest absolute Gasteiger partial charge is 0.310 e. The lowest BCUT2D eigenvalue weighted by Crippen LogP contribution is -2.50. The molecule has 0 atom stereocenters. The highest BCUT2D eigenvalue weighted by atomic mass is 32.2.